The lowest BCUT2D eigenvalue weighted by molar-refractivity contribution is -0.139. The number of hydrogen-bond donors (Lipinski definition) is 3. The van der Waals surface area contributed by atoms with Crippen molar-refractivity contribution in [3.63, 3.8) is 0 Å². The molecule has 1 aliphatic rings. The predicted molar refractivity (Wildman–Crippen MR) is 66.2 cm³/mol. The first kappa shape index (κ1) is 14.8. The number of carboxylic acid groups (broad SMARTS) is 1. The fourth-order valence-electron chi connectivity index (χ4n) is 2.15. The molecule has 1 heterocycles. The standard InChI is InChI=1S/C12H22N2O4/c1-3-4-10(11(16)17)13-12(18)14-6-5-9(7-14)8(2)15/h8-10,15H,3-7H2,1-2H3,(H,13,18)(H,16,17). The van der Waals surface area contributed by atoms with Gasteiger partial charge in [0.05, 0.1) is 6.10 Å². The van der Waals surface area contributed by atoms with Crippen LogP contribution in [-0.2, 0) is 4.79 Å². The van der Waals surface area contributed by atoms with Crippen LogP contribution in [-0.4, -0.2) is 52.3 Å². The molecule has 0 radical (unpaired) electrons. The Labute approximate surface area is 107 Å². The van der Waals surface area contributed by atoms with Crippen molar-refractivity contribution in [2.24, 2.45) is 5.92 Å². The molecule has 3 N–H and O–H groups in total. The minimum Gasteiger partial charge on any atom is -0.480 e. The second-order valence-corrected chi connectivity index (χ2v) is 4.86. The van der Waals surface area contributed by atoms with Gasteiger partial charge in [0, 0.05) is 19.0 Å². The molecule has 6 nitrogen and oxygen atoms in total. The van der Waals surface area contributed by atoms with Gasteiger partial charge in [-0.2, -0.15) is 0 Å². The Morgan fingerprint density at radius 2 is 2.17 bits per heavy atom. The van der Waals surface area contributed by atoms with E-state index >= 15 is 0 Å². The van der Waals surface area contributed by atoms with Crippen LogP contribution in [0.5, 0.6) is 0 Å². The van der Waals surface area contributed by atoms with Crippen LogP contribution in [0.15, 0.2) is 0 Å². The highest BCUT2D eigenvalue weighted by molar-refractivity contribution is 5.82. The molecule has 0 aromatic heterocycles. The summed E-state index contributed by atoms with van der Waals surface area (Å²) in [5, 5.41) is 20.9. The fraction of sp³-hybridized carbons (Fsp3) is 0.833. The summed E-state index contributed by atoms with van der Waals surface area (Å²) in [6.07, 6.45) is 1.45. The van der Waals surface area contributed by atoms with Gasteiger partial charge in [0.1, 0.15) is 6.04 Å². The Kier molecular flexibility index (Phi) is 5.40. The van der Waals surface area contributed by atoms with Crippen LogP contribution in [0.1, 0.15) is 33.1 Å². The number of carboxylic acids is 1. The van der Waals surface area contributed by atoms with Crippen LogP contribution >= 0.6 is 0 Å². The fourth-order valence-corrected chi connectivity index (χ4v) is 2.15. The number of hydrogen-bond acceptors (Lipinski definition) is 3. The monoisotopic (exact) mass is 258 g/mol. The lowest BCUT2D eigenvalue weighted by atomic mass is 10.0. The predicted octanol–water partition coefficient (Wildman–Crippen LogP) is 0.652. The van der Waals surface area contributed by atoms with Gasteiger partial charge in [-0.25, -0.2) is 9.59 Å². The van der Waals surface area contributed by atoms with Gasteiger partial charge in [0.15, 0.2) is 0 Å². The summed E-state index contributed by atoms with van der Waals surface area (Å²) in [4.78, 5) is 24.4. The van der Waals surface area contributed by atoms with Gasteiger partial charge in [-0.05, 0) is 19.8 Å². The van der Waals surface area contributed by atoms with Crippen molar-refractivity contribution in [3.05, 3.63) is 0 Å². The van der Waals surface area contributed by atoms with Crippen LogP contribution in [0.3, 0.4) is 0 Å². The van der Waals surface area contributed by atoms with Crippen molar-refractivity contribution in [2.45, 2.75) is 45.3 Å². The molecular weight excluding hydrogens is 236 g/mol. The van der Waals surface area contributed by atoms with E-state index in [1.807, 2.05) is 6.92 Å². The Balaban J connectivity index is 2.48. The van der Waals surface area contributed by atoms with E-state index in [2.05, 4.69) is 5.32 Å². The quantitative estimate of drug-likeness (QED) is 0.675. The second kappa shape index (κ2) is 6.58. The van der Waals surface area contributed by atoms with Crippen molar-refractivity contribution >= 4 is 12.0 Å². The number of amides is 2. The van der Waals surface area contributed by atoms with E-state index < -0.39 is 18.1 Å². The van der Waals surface area contributed by atoms with Crippen molar-refractivity contribution in [2.75, 3.05) is 13.1 Å². The average Bonchev–Trinajstić information content (AvgIpc) is 2.77. The smallest absolute Gasteiger partial charge is 0.326 e. The van der Waals surface area contributed by atoms with Gasteiger partial charge in [0.2, 0.25) is 0 Å². The molecule has 2 amide bonds. The molecule has 18 heavy (non-hydrogen) atoms. The van der Waals surface area contributed by atoms with Gasteiger partial charge in [-0.15, -0.1) is 0 Å². The SMILES string of the molecule is CCCC(NC(=O)N1CCC(C(C)O)C1)C(=O)O. The molecule has 1 rings (SSSR count). The van der Waals surface area contributed by atoms with E-state index in [1.165, 1.54) is 0 Å². The number of nitrogens with zero attached hydrogens (tertiary/aromatic N) is 1. The first-order chi connectivity index (χ1) is 8.45. The number of aliphatic hydroxyl groups is 1. The maximum Gasteiger partial charge on any atom is 0.326 e. The molecule has 6 heteroatoms. The Morgan fingerprint density at radius 3 is 2.61 bits per heavy atom. The highest BCUT2D eigenvalue weighted by Crippen LogP contribution is 2.19. The van der Waals surface area contributed by atoms with Crippen molar-refractivity contribution in [1.82, 2.24) is 10.2 Å². The number of rotatable bonds is 5. The van der Waals surface area contributed by atoms with Crippen LogP contribution in [0.4, 0.5) is 4.79 Å². The molecule has 3 atom stereocenters. The number of nitrogens with one attached hydrogen (secondary N) is 1. The summed E-state index contributed by atoms with van der Waals surface area (Å²) in [6, 6.07) is -1.17. The zero-order valence-corrected chi connectivity index (χ0v) is 10.9. The zero-order valence-electron chi connectivity index (χ0n) is 10.9. The number of carbonyl (C=O) groups is 2. The van der Waals surface area contributed by atoms with Crippen LogP contribution in [0.25, 0.3) is 0 Å². The number of carbonyl (C=O) groups excluding carboxylic acids is 1. The van der Waals surface area contributed by atoms with E-state index in [-0.39, 0.29) is 11.9 Å². The number of likely N-dealkylation sites (tertiary alicyclic amines) is 1. The van der Waals surface area contributed by atoms with Crippen LogP contribution < -0.4 is 5.32 Å². The third kappa shape index (κ3) is 3.87. The molecule has 0 aromatic carbocycles. The summed E-state index contributed by atoms with van der Waals surface area (Å²) in [5.41, 5.74) is 0. The number of urea groups is 1. The highest BCUT2D eigenvalue weighted by atomic mass is 16.4. The lowest BCUT2D eigenvalue weighted by Gasteiger charge is -2.21. The van der Waals surface area contributed by atoms with Gasteiger partial charge >= 0.3 is 12.0 Å². The number of aliphatic hydroxyl groups excluding tert-OH is 1. The van der Waals surface area contributed by atoms with Gasteiger partial charge < -0.3 is 20.4 Å². The molecule has 0 aromatic rings. The number of aliphatic carboxylic acids is 1. The van der Waals surface area contributed by atoms with Crippen molar-refractivity contribution in [1.29, 1.82) is 0 Å². The van der Waals surface area contributed by atoms with Gasteiger partial charge in [-0.3, -0.25) is 0 Å². The second-order valence-electron chi connectivity index (χ2n) is 4.86. The minimum atomic E-state index is -1.00. The lowest BCUT2D eigenvalue weighted by Crippen LogP contribution is -2.47. The van der Waals surface area contributed by atoms with E-state index in [4.69, 9.17) is 5.11 Å². The Morgan fingerprint density at radius 1 is 1.50 bits per heavy atom. The molecule has 0 bridgehead atoms. The topological polar surface area (TPSA) is 89.9 Å². The van der Waals surface area contributed by atoms with E-state index in [1.54, 1.807) is 11.8 Å². The summed E-state index contributed by atoms with van der Waals surface area (Å²) in [6.45, 7) is 4.65. The molecular formula is C12H22N2O4. The van der Waals surface area contributed by atoms with Crippen LogP contribution in [0, 0.1) is 5.92 Å². The largest absolute Gasteiger partial charge is 0.480 e. The average molecular weight is 258 g/mol. The maximum atomic E-state index is 11.9. The third-order valence-corrected chi connectivity index (χ3v) is 3.37. The summed E-state index contributed by atoms with van der Waals surface area (Å²) in [7, 11) is 0. The first-order valence-electron chi connectivity index (χ1n) is 6.42. The van der Waals surface area contributed by atoms with E-state index in [0.29, 0.717) is 25.9 Å². The van der Waals surface area contributed by atoms with Crippen LogP contribution in [0.2, 0.25) is 0 Å². The Bertz CT molecular complexity index is 306. The molecule has 1 saturated heterocycles. The molecule has 0 saturated carbocycles. The molecule has 1 aliphatic heterocycles. The van der Waals surface area contributed by atoms with Gasteiger partial charge in [0.25, 0.3) is 0 Å². The molecule has 3 unspecified atom stereocenters. The normalized spacial score (nSPS) is 22.6. The van der Waals surface area contributed by atoms with Crippen molar-refractivity contribution in [3.8, 4) is 0 Å². The van der Waals surface area contributed by atoms with Gasteiger partial charge in [-0.1, -0.05) is 13.3 Å². The highest BCUT2D eigenvalue weighted by Gasteiger charge is 2.30. The van der Waals surface area contributed by atoms with Crippen molar-refractivity contribution < 1.29 is 19.8 Å². The van der Waals surface area contributed by atoms with E-state index in [0.717, 1.165) is 6.42 Å². The summed E-state index contributed by atoms with van der Waals surface area (Å²) >= 11 is 0. The first-order valence-corrected chi connectivity index (χ1v) is 6.42. The molecule has 0 aliphatic carbocycles. The minimum absolute atomic E-state index is 0.0882. The Hall–Kier alpha value is -1.30. The summed E-state index contributed by atoms with van der Waals surface area (Å²) < 4.78 is 0. The third-order valence-electron chi connectivity index (χ3n) is 3.37. The maximum absolute atomic E-state index is 11.9. The molecule has 1 fully saturated rings. The van der Waals surface area contributed by atoms with E-state index in [9.17, 15) is 14.7 Å². The molecule has 104 valence electrons. The summed E-state index contributed by atoms with van der Waals surface area (Å²) in [5.74, 6) is -0.915. The zero-order chi connectivity index (χ0) is 13.7. The molecule has 0 spiro atoms.